The average molecular weight is 351 g/mol. The summed E-state index contributed by atoms with van der Waals surface area (Å²) in [7, 11) is 0. The fourth-order valence-corrected chi connectivity index (χ4v) is 2.96. The highest BCUT2D eigenvalue weighted by atomic mass is 79.9. The Balaban J connectivity index is 0.00000220. The highest BCUT2D eigenvalue weighted by Gasteiger charge is 2.12. The fourth-order valence-electron chi connectivity index (χ4n) is 2.96. The van der Waals surface area contributed by atoms with Crippen molar-refractivity contribution in [2.75, 3.05) is 0 Å². The molecule has 2 nitrogen and oxygen atoms in total. The van der Waals surface area contributed by atoms with Gasteiger partial charge in [-0.15, -0.1) is 0 Å². The number of hydrogen-bond donors (Lipinski definition) is 0. The van der Waals surface area contributed by atoms with Crippen molar-refractivity contribution in [2.24, 2.45) is 0 Å². The van der Waals surface area contributed by atoms with Crippen molar-refractivity contribution in [3.8, 4) is 5.69 Å². The third kappa shape index (κ3) is 4.70. The van der Waals surface area contributed by atoms with Gasteiger partial charge in [-0.1, -0.05) is 37.5 Å². The number of rotatable bonds is 6. The molecule has 2 aromatic rings. The van der Waals surface area contributed by atoms with Gasteiger partial charge in [0.25, 0.3) is 0 Å². The van der Waals surface area contributed by atoms with Crippen molar-refractivity contribution in [1.29, 1.82) is 0 Å². The number of unbranched alkanes of at least 4 members (excludes halogenated alkanes) is 3. The van der Waals surface area contributed by atoms with E-state index in [2.05, 4.69) is 67.7 Å². The molecule has 1 aromatic carbocycles. The van der Waals surface area contributed by atoms with E-state index in [0.29, 0.717) is 0 Å². The minimum Gasteiger partial charge on any atom is -1.00 e. The number of imidazole rings is 1. The van der Waals surface area contributed by atoms with Gasteiger partial charge in [0.2, 0.25) is 6.33 Å². The van der Waals surface area contributed by atoms with Gasteiger partial charge in [0, 0.05) is 0 Å². The molecule has 0 saturated heterocycles. The van der Waals surface area contributed by atoms with Gasteiger partial charge in [0.05, 0.1) is 6.54 Å². The fraction of sp³-hybridized carbons (Fsp3) is 0.500. The van der Waals surface area contributed by atoms with Crippen LogP contribution in [0.2, 0.25) is 0 Å². The summed E-state index contributed by atoms with van der Waals surface area (Å²) in [5.41, 5.74) is 5.35. The zero-order valence-electron chi connectivity index (χ0n) is 13.7. The first-order valence-electron chi connectivity index (χ1n) is 7.77. The van der Waals surface area contributed by atoms with Crippen LogP contribution in [0.1, 0.15) is 49.3 Å². The van der Waals surface area contributed by atoms with Gasteiger partial charge in [-0.05, 0) is 44.7 Å². The maximum atomic E-state index is 2.30. The molecule has 0 saturated carbocycles. The van der Waals surface area contributed by atoms with E-state index in [-0.39, 0.29) is 17.0 Å². The largest absolute Gasteiger partial charge is 1.00 e. The third-order valence-corrected chi connectivity index (χ3v) is 3.85. The molecule has 2 rings (SSSR count). The molecule has 116 valence electrons. The molecule has 0 aliphatic carbocycles. The molecule has 21 heavy (non-hydrogen) atoms. The Morgan fingerprint density at radius 1 is 1.00 bits per heavy atom. The second kappa shape index (κ2) is 8.38. The van der Waals surface area contributed by atoms with Crippen LogP contribution >= 0.6 is 0 Å². The van der Waals surface area contributed by atoms with Crippen molar-refractivity contribution in [2.45, 2.75) is 59.9 Å². The third-order valence-electron chi connectivity index (χ3n) is 3.85. The lowest BCUT2D eigenvalue weighted by Gasteiger charge is -2.07. The number of halogens is 1. The topological polar surface area (TPSA) is 8.81 Å². The molecule has 0 bridgehead atoms. The molecule has 0 fully saturated rings. The highest BCUT2D eigenvalue weighted by Crippen LogP contribution is 2.16. The van der Waals surface area contributed by atoms with E-state index in [1.54, 1.807) is 0 Å². The van der Waals surface area contributed by atoms with Crippen LogP contribution in [0.15, 0.2) is 30.9 Å². The van der Waals surface area contributed by atoms with E-state index < -0.39 is 0 Å². The van der Waals surface area contributed by atoms with E-state index in [1.807, 2.05) is 0 Å². The Morgan fingerprint density at radius 3 is 2.29 bits per heavy atom. The van der Waals surface area contributed by atoms with Crippen LogP contribution in [0.4, 0.5) is 0 Å². The Labute approximate surface area is 139 Å². The summed E-state index contributed by atoms with van der Waals surface area (Å²) in [6.45, 7) is 9.93. The van der Waals surface area contributed by atoms with Gasteiger partial charge >= 0.3 is 0 Å². The number of hydrogen-bond acceptors (Lipinski definition) is 0. The average Bonchev–Trinajstić information content (AvgIpc) is 2.82. The zero-order chi connectivity index (χ0) is 14.5. The molecule has 0 spiro atoms. The van der Waals surface area contributed by atoms with E-state index in [1.165, 1.54) is 48.1 Å². The summed E-state index contributed by atoms with van der Waals surface area (Å²) < 4.78 is 4.55. The minimum atomic E-state index is 0. The molecule has 0 amide bonds. The SMILES string of the molecule is CCCCCCn1cc[n+](-c2c(C)cc(C)cc2C)c1.[Br-]. The molecule has 0 atom stereocenters. The lowest BCUT2D eigenvalue weighted by Crippen LogP contribution is -3.00. The normalized spacial score (nSPS) is 10.5. The summed E-state index contributed by atoms with van der Waals surface area (Å²) in [6.07, 6.45) is 11.8. The smallest absolute Gasteiger partial charge is 0.248 e. The Kier molecular flexibility index (Phi) is 7.16. The van der Waals surface area contributed by atoms with E-state index in [4.69, 9.17) is 0 Å². The van der Waals surface area contributed by atoms with Gasteiger partial charge in [-0.25, -0.2) is 9.13 Å². The molecule has 0 N–H and O–H groups in total. The van der Waals surface area contributed by atoms with Gasteiger partial charge in [-0.2, -0.15) is 0 Å². The summed E-state index contributed by atoms with van der Waals surface area (Å²) in [4.78, 5) is 0. The number of nitrogens with zero attached hydrogens (tertiary/aromatic N) is 2. The van der Waals surface area contributed by atoms with Crippen molar-refractivity contribution in [3.63, 3.8) is 0 Å². The van der Waals surface area contributed by atoms with Crippen molar-refractivity contribution in [3.05, 3.63) is 47.5 Å². The predicted octanol–water partition coefficient (Wildman–Crippen LogP) is 1.27. The first kappa shape index (κ1) is 18.0. The molecule has 0 unspecified atom stereocenters. The first-order chi connectivity index (χ1) is 9.61. The van der Waals surface area contributed by atoms with Crippen LogP contribution in [0, 0.1) is 20.8 Å². The Hall–Kier alpha value is -1.09. The summed E-state index contributed by atoms with van der Waals surface area (Å²) >= 11 is 0. The molecule has 0 aliphatic heterocycles. The molecular weight excluding hydrogens is 324 g/mol. The number of aryl methyl sites for hydroxylation is 4. The van der Waals surface area contributed by atoms with E-state index >= 15 is 0 Å². The van der Waals surface area contributed by atoms with Crippen molar-refractivity contribution < 1.29 is 21.5 Å². The molecule has 0 aliphatic rings. The highest BCUT2D eigenvalue weighted by molar-refractivity contribution is 5.43. The Bertz CT molecular complexity index is 549. The van der Waals surface area contributed by atoms with Crippen LogP contribution in [0.25, 0.3) is 5.69 Å². The second-order valence-electron chi connectivity index (χ2n) is 5.87. The lowest BCUT2D eigenvalue weighted by atomic mass is 10.1. The standard InChI is InChI=1S/C18H27N2.BrH/c1-5-6-7-8-9-19-10-11-20(14-19)18-16(3)12-15(2)13-17(18)4;/h10-14H,5-9H2,1-4H3;1H/q+1;/p-1. The first-order valence-corrected chi connectivity index (χ1v) is 7.77. The van der Waals surface area contributed by atoms with Crippen molar-refractivity contribution >= 4 is 0 Å². The van der Waals surface area contributed by atoms with Gasteiger partial charge < -0.3 is 17.0 Å². The summed E-state index contributed by atoms with van der Waals surface area (Å²) in [6, 6.07) is 4.52. The predicted molar refractivity (Wildman–Crippen MR) is 84.3 cm³/mol. The Morgan fingerprint density at radius 2 is 1.67 bits per heavy atom. The quantitative estimate of drug-likeness (QED) is 0.548. The zero-order valence-corrected chi connectivity index (χ0v) is 15.3. The molecule has 1 aromatic heterocycles. The van der Waals surface area contributed by atoms with Crippen LogP contribution in [-0.2, 0) is 6.54 Å². The van der Waals surface area contributed by atoms with Crippen LogP contribution < -0.4 is 21.5 Å². The second-order valence-corrected chi connectivity index (χ2v) is 5.87. The lowest BCUT2D eigenvalue weighted by molar-refractivity contribution is -0.596. The maximum absolute atomic E-state index is 2.30. The van der Waals surface area contributed by atoms with Crippen molar-refractivity contribution in [1.82, 2.24) is 4.57 Å². The van der Waals surface area contributed by atoms with E-state index in [9.17, 15) is 0 Å². The maximum Gasteiger partial charge on any atom is 0.248 e. The van der Waals surface area contributed by atoms with Crippen LogP contribution in [-0.4, -0.2) is 4.57 Å². The minimum absolute atomic E-state index is 0. The van der Waals surface area contributed by atoms with Gasteiger partial charge in [0.1, 0.15) is 18.1 Å². The molecule has 1 heterocycles. The van der Waals surface area contributed by atoms with Gasteiger partial charge in [0.15, 0.2) is 0 Å². The van der Waals surface area contributed by atoms with Gasteiger partial charge in [-0.3, -0.25) is 0 Å². The van der Waals surface area contributed by atoms with Crippen LogP contribution in [0.5, 0.6) is 0 Å². The summed E-state index contributed by atoms with van der Waals surface area (Å²) in [5, 5.41) is 0. The molecule has 3 heteroatoms. The monoisotopic (exact) mass is 350 g/mol. The number of benzene rings is 1. The molecular formula is C18H27BrN2. The number of aromatic nitrogens is 2. The van der Waals surface area contributed by atoms with Crippen LogP contribution in [0.3, 0.4) is 0 Å². The van der Waals surface area contributed by atoms with E-state index in [0.717, 1.165) is 6.54 Å². The summed E-state index contributed by atoms with van der Waals surface area (Å²) in [5.74, 6) is 0. The molecule has 0 radical (unpaired) electrons.